The van der Waals surface area contributed by atoms with Crippen molar-refractivity contribution in [3.05, 3.63) is 87.7 Å². The molecule has 2 N–H and O–H groups in total. The average Bonchev–Trinajstić information content (AvgIpc) is 3.28. The van der Waals surface area contributed by atoms with Crippen LogP contribution in [-0.4, -0.2) is 90.5 Å². The van der Waals surface area contributed by atoms with Gasteiger partial charge in [0.25, 0.3) is 0 Å². The second-order valence-electron chi connectivity index (χ2n) is 16.7. The van der Waals surface area contributed by atoms with Crippen molar-refractivity contribution in [2.45, 2.75) is 94.6 Å². The van der Waals surface area contributed by atoms with Crippen molar-refractivity contribution < 1.29 is 24.1 Å². The van der Waals surface area contributed by atoms with Crippen LogP contribution in [0.3, 0.4) is 0 Å². The Hall–Kier alpha value is -3.79. The fourth-order valence-electron chi connectivity index (χ4n) is 9.76. The number of rotatable bonds is 9. The highest BCUT2D eigenvalue weighted by Gasteiger charge is 2.52. The summed E-state index contributed by atoms with van der Waals surface area (Å²) in [5, 5.41) is 14.7. The summed E-state index contributed by atoms with van der Waals surface area (Å²) in [6.45, 7) is 10.8. The Balaban J connectivity index is 1.09. The fourth-order valence-corrected chi connectivity index (χ4v) is 9.95. The molecule has 10 heteroatoms. The first-order valence-electron chi connectivity index (χ1n) is 20.1. The molecule has 0 unspecified atom stereocenters. The van der Waals surface area contributed by atoms with Crippen LogP contribution in [0.1, 0.15) is 87.1 Å². The Labute approximate surface area is 325 Å². The number of aryl methyl sites for hydroxylation is 1. The number of hydrogen-bond acceptors (Lipinski definition) is 8. The molecular formula is C44H55ClN4O5. The second kappa shape index (κ2) is 15.4. The van der Waals surface area contributed by atoms with E-state index in [4.69, 9.17) is 25.8 Å². The molecule has 0 bridgehead atoms. The number of carboxylic acid groups (broad SMARTS) is 1. The van der Waals surface area contributed by atoms with E-state index in [9.17, 15) is 9.90 Å². The lowest BCUT2D eigenvalue weighted by Crippen LogP contribution is -2.52. The number of aromatic nitrogens is 1. The molecule has 9 nitrogen and oxygen atoms in total. The number of aliphatic carboxylic acids is 1. The molecule has 1 spiro atoms. The van der Waals surface area contributed by atoms with Gasteiger partial charge < -0.3 is 29.5 Å². The largest absolute Gasteiger partial charge is 0.493 e. The molecule has 288 valence electrons. The predicted octanol–water partition coefficient (Wildman–Crippen LogP) is 7.90. The fraction of sp³-hybridized carbons (Fsp3) is 0.545. The zero-order chi connectivity index (χ0) is 37.5. The highest BCUT2D eigenvalue weighted by atomic mass is 35.5. The second-order valence-corrected chi connectivity index (χ2v) is 17.1. The number of nitrogens with zero attached hydrogens (tertiary/aromatic N) is 3. The normalized spacial score (nSPS) is 28.3. The molecule has 8 rings (SSSR count). The topological polar surface area (TPSA) is 96.4 Å². The molecule has 0 radical (unpaired) electrons. The molecule has 0 amide bonds. The Morgan fingerprint density at radius 1 is 1.11 bits per heavy atom. The number of carboxylic acids is 1. The number of ether oxygens (including phenoxy) is 3. The third kappa shape index (κ3) is 7.44. The van der Waals surface area contributed by atoms with Crippen molar-refractivity contribution in [2.24, 2.45) is 5.92 Å². The predicted molar refractivity (Wildman–Crippen MR) is 213 cm³/mol. The van der Waals surface area contributed by atoms with E-state index in [1.165, 1.54) is 34.4 Å². The Bertz CT molecular complexity index is 1880. The van der Waals surface area contributed by atoms with Crippen LogP contribution >= 0.6 is 11.6 Å². The van der Waals surface area contributed by atoms with Gasteiger partial charge in [-0.25, -0.2) is 4.79 Å². The number of hydrogen-bond donors (Lipinski definition) is 2. The van der Waals surface area contributed by atoms with Gasteiger partial charge in [-0.05, 0) is 112 Å². The van der Waals surface area contributed by atoms with Crippen LogP contribution in [0.4, 0.5) is 5.69 Å². The first-order chi connectivity index (χ1) is 26.1. The first kappa shape index (κ1) is 37.1. The number of fused-ring (bicyclic) bond motifs is 4. The van der Waals surface area contributed by atoms with Crippen molar-refractivity contribution in [1.29, 1.82) is 0 Å². The highest BCUT2D eigenvalue weighted by Crippen LogP contribution is 2.56. The molecule has 1 aromatic heterocycles. The molecule has 3 aromatic rings. The minimum atomic E-state index is -1.10. The number of nitrogens with one attached hydrogen (secondary N) is 1. The van der Waals surface area contributed by atoms with Gasteiger partial charge in [-0.2, -0.15) is 0 Å². The summed E-state index contributed by atoms with van der Waals surface area (Å²) in [5.74, 6) is 2.34. The maximum absolute atomic E-state index is 13.1. The Morgan fingerprint density at radius 3 is 2.70 bits per heavy atom. The minimum Gasteiger partial charge on any atom is -0.493 e. The van der Waals surface area contributed by atoms with E-state index in [0.29, 0.717) is 49.8 Å². The summed E-state index contributed by atoms with van der Waals surface area (Å²) in [4.78, 5) is 22.7. The SMILES string of the molecule is C[C@H](/C=C1\Cc2cc3c(cc2C12CCC(Nc1cccc(Cl)c1)(C(=O)O)CC2)O[C@@H](CN1CCN(C)CC1)CCO3)COc1ccnc2c1[C@H](C)CCC2. The molecule has 2 fully saturated rings. The maximum atomic E-state index is 13.1. The third-order valence-corrected chi connectivity index (χ3v) is 13.1. The van der Waals surface area contributed by atoms with E-state index in [2.05, 4.69) is 59.2 Å². The van der Waals surface area contributed by atoms with Crippen LogP contribution in [0.15, 0.2) is 60.3 Å². The van der Waals surface area contributed by atoms with Crippen LogP contribution < -0.4 is 19.5 Å². The summed E-state index contributed by atoms with van der Waals surface area (Å²) in [7, 11) is 2.18. The van der Waals surface area contributed by atoms with E-state index >= 15 is 0 Å². The number of halogens is 1. The summed E-state index contributed by atoms with van der Waals surface area (Å²) < 4.78 is 19.8. The van der Waals surface area contributed by atoms with Crippen molar-refractivity contribution in [2.75, 3.05) is 58.3 Å². The first-order valence-corrected chi connectivity index (χ1v) is 20.5. The third-order valence-electron chi connectivity index (χ3n) is 12.9. The number of anilines is 1. The molecular weight excluding hydrogens is 700 g/mol. The van der Waals surface area contributed by atoms with E-state index in [1.54, 1.807) is 6.07 Å². The van der Waals surface area contributed by atoms with E-state index in [1.807, 2.05) is 30.5 Å². The highest BCUT2D eigenvalue weighted by molar-refractivity contribution is 6.30. The number of pyridine rings is 1. The van der Waals surface area contributed by atoms with Crippen molar-refractivity contribution >= 4 is 23.3 Å². The molecule has 54 heavy (non-hydrogen) atoms. The van der Waals surface area contributed by atoms with Crippen LogP contribution in [0, 0.1) is 5.92 Å². The zero-order valence-corrected chi connectivity index (χ0v) is 32.8. The van der Waals surface area contributed by atoms with Gasteiger partial charge in [0.15, 0.2) is 11.5 Å². The van der Waals surface area contributed by atoms with E-state index < -0.39 is 11.5 Å². The lowest BCUT2D eigenvalue weighted by molar-refractivity contribution is -0.143. The Morgan fingerprint density at radius 2 is 1.93 bits per heavy atom. The molecule has 3 aliphatic carbocycles. The molecule has 2 aliphatic heterocycles. The number of carbonyl (C=O) groups is 1. The summed E-state index contributed by atoms with van der Waals surface area (Å²) in [6, 6.07) is 13.8. The Kier molecular flexibility index (Phi) is 10.6. The van der Waals surface area contributed by atoms with E-state index in [0.717, 1.165) is 81.3 Å². The lowest BCUT2D eigenvalue weighted by atomic mass is 9.62. The average molecular weight is 755 g/mol. The monoisotopic (exact) mass is 754 g/mol. The summed E-state index contributed by atoms with van der Waals surface area (Å²) in [6.07, 6.45) is 11.7. The molecule has 2 aromatic carbocycles. The number of allylic oxidation sites excluding steroid dienone is 1. The van der Waals surface area contributed by atoms with Gasteiger partial charge in [0.05, 0.1) is 13.2 Å². The van der Waals surface area contributed by atoms with Gasteiger partial charge in [0, 0.05) is 78.6 Å². The summed E-state index contributed by atoms with van der Waals surface area (Å²) in [5.41, 5.74) is 5.59. The summed E-state index contributed by atoms with van der Waals surface area (Å²) >= 11 is 6.32. The van der Waals surface area contributed by atoms with Crippen molar-refractivity contribution in [3.63, 3.8) is 0 Å². The molecule has 3 atom stereocenters. The van der Waals surface area contributed by atoms with Crippen molar-refractivity contribution in [1.82, 2.24) is 14.8 Å². The van der Waals surface area contributed by atoms with Gasteiger partial charge in [0.1, 0.15) is 17.4 Å². The van der Waals surface area contributed by atoms with Gasteiger partial charge >= 0.3 is 5.97 Å². The van der Waals surface area contributed by atoms with Gasteiger partial charge in [0.2, 0.25) is 0 Å². The molecule has 5 aliphatic rings. The zero-order valence-electron chi connectivity index (χ0n) is 32.0. The van der Waals surface area contributed by atoms with Crippen LogP contribution in [0.25, 0.3) is 0 Å². The lowest BCUT2D eigenvalue weighted by Gasteiger charge is -2.45. The van der Waals surface area contributed by atoms with Crippen molar-refractivity contribution in [3.8, 4) is 17.2 Å². The number of piperazine rings is 1. The molecule has 1 saturated heterocycles. The van der Waals surface area contributed by atoms with Gasteiger partial charge in [-0.1, -0.05) is 43.2 Å². The minimum absolute atomic E-state index is 0.0480. The van der Waals surface area contributed by atoms with E-state index in [-0.39, 0.29) is 17.4 Å². The van der Waals surface area contributed by atoms with Gasteiger partial charge in [-0.3, -0.25) is 9.88 Å². The number of benzene rings is 2. The van der Waals surface area contributed by atoms with Crippen LogP contribution in [-0.2, 0) is 23.1 Å². The standard InChI is InChI=1S/C44H55ClN4O5/c1-29(28-53-38-10-16-46-37-9-4-6-30(2)41(37)38)22-32-23-31-24-39-40(54-35(11-21-52-39)27-49-19-17-48(3)18-20-49)26-36(31)43(32)12-14-44(15-13-43,42(50)51)47-34-8-5-7-33(45)25-34/h5,7-8,10,16,22,24-26,29-30,35,47H,4,6,9,11-15,17-21,23,27-28H2,1-3H3,(H,50,51)/b32-22+/t29-,30-,35-,43?,44?/m1/s1. The number of likely N-dealkylation sites (N-methyl/N-ethyl adjacent to an activating group) is 1. The molecule has 3 heterocycles. The molecule has 1 saturated carbocycles. The maximum Gasteiger partial charge on any atom is 0.329 e. The smallest absolute Gasteiger partial charge is 0.329 e. The van der Waals surface area contributed by atoms with Crippen LogP contribution in [0.2, 0.25) is 5.02 Å². The van der Waals surface area contributed by atoms with Gasteiger partial charge in [-0.15, -0.1) is 0 Å². The van der Waals surface area contributed by atoms with Crippen LogP contribution in [0.5, 0.6) is 17.2 Å². The quantitative estimate of drug-likeness (QED) is 0.212.